The Balaban J connectivity index is 1.84. The van der Waals surface area contributed by atoms with Gasteiger partial charge in [0.05, 0.1) is 13.2 Å². The van der Waals surface area contributed by atoms with Crippen LogP contribution in [-0.2, 0) is 28.5 Å². The molecule has 180 valence electrons. The van der Waals surface area contributed by atoms with Crippen molar-refractivity contribution in [3.05, 3.63) is 12.2 Å². The second-order valence-corrected chi connectivity index (χ2v) is 8.04. The van der Waals surface area contributed by atoms with Gasteiger partial charge in [0.15, 0.2) is 0 Å². The van der Waals surface area contributed by atoms with E-state index in [9.17, 15) is 19.2 Å². The molecule has 1 heterocycles. The molecule has 0 aromatic carbocycles. The first-order valence-electron chi connectivity index (χ1n) is 11.1. The monoisotopic (exact) mass is 454 g/mol. The van der Waals surface area contributed by atoms with Gasteiger partial charge >= 0.3 is 12.2 Å². The molecule has 0 atom stereocenters. The fourth-order valence-electron chi connectivity index (χ4n) is 3.83. The van der Waals surface area contributed by atoms with Crippen LogP contribution in [0.25, 0.3) is 0 Å². The van der Waals surface area contributed by atoms with Crippen molar-refractivity contribution >= 4 is 24.0 Å². The van der Waals surface area contributed by atoms with E-state index in [-0.39, 0.29) is 43.4 Å². The molecule has 0 unspecified atom stereocenters. The molecular formula is C22H34N2O8. The van der Waals surface area contributed by atoms with Gasteiger partial charge in [0.1, 0.15) is 0 Å². The number of hydrogen-bond acceptors (Lipinski definition) is 8. The van der Waals surface area contributed by atoms with E-state index in [2.05, 4.69) is 0 Å². The van der Waals surface area contributed by atoms with Gasteiger partial charge in [-0.1, -0.05) is 0 Å². The number of methoxy groups -OCH3 is 2. The number of rotatable bonds is 12. The minimum atomic E-state index is -0.723. The van der Waals surface area contributed by atoms with Crippen molar-refractivity contribution in [3.8, 4) is 0 Å². The molecule has 10 nitrogen and oxygen atoms in total. The lowest BCUT2D eigenvalue weighted by Gasteiger charge is -2.32. The third-order valence-corrected chi connectivity index (χ3v) is 5.63. The Morgan fingerprint density at radius 1 is 0.844 bits per heavy atom. The second kappa shape index (κ2) is 13.8. The van der Waals surface area contributed by atoms with Crippen LogP contribution < -0.4 is 0 Å². The van der Waals surface area contributed by atoms with Crippen LogP contribution in [0.2, 0.25) is 0 Å². The van der Waals surface area contributed by atoms with Gasteiger partial charge < -0.3 is 18.9 Å². The average Bonchev–Trinajstić information content (AvgIpc) is 3.10. The summed E-state index contributed by atoms with van der Waals surface area (Å²) >= 11 is 0. The molecule has 1 aliphatic heterocycles. The molecule has 1 aliphatic carbocycles. The highest BCUT2D eigenvalue weighted by Crippen LogP contribution is 2.31. The Bertz CT molecular complexity index is 631. The number of nitrogens with zero attached hydrogens (tertiary/aromatic N) is 2. The Hall–Kier alpha value is -2.46. The van der Waals surface area contributed by atoms with E-state index in [4.69, 9.17) is 18.9 Å². The summed E-state index contributed by atoms with van der Waals surface area (Å²) in [5, 5.41) is 0. The zero-order chi connectivity index (χ0) is 23.3. The number of carbonyl (C=O) groups excluding carboxylic acids is 4. The summed E-state index contributed by atoms with van der Waals surface area (Å²) in [6.07, 6.45) is 5.38. The summed E-state index contributed by atoms with van der Waals surface area (Å²) in [6.45, 7) is 1.83. The second-order valence-electron chi connectivity index (χ2n) is 8.04. The number of carbonyl (C=O) groups is 4. The minimum absolute atomic E-state index is 0.104. The summed E-state index contributed by atoms with van der Waals surface area (Å²) in [5.41, 5.74) is 0. The maximum absolute atomic E-state index is 12.5. The lowest BCUT2D eigenvalue weighted by atomic mass is 9.81. The predicted molar refractivity (Wildman–Crippen MR) is 114 cm³/mol. The molecule has 4 amide bonds. The van der Waals surface area contributed by atoms with E-state index >= 15 is 0 Å². The maximum Gasteiger partial charge on any atom is 0.419 e. The molecule has 0 saturated heterocycles. The molecule has 2 rings (SSSR count). The first-order chi connectivity index (χ1) is 15.5. The van der Waals surface area contributed by atoms with Gasteiger partial charge in [-0.05, 0) is 37.5 Å². The number of hydrogen-bond donors (Lipinski definition) is 0. The van der Waals surface area contributed by atoms with Crippen molar-refractivity contribution in [1.82, 2.24) is 9.80 Å². The maximum atomic E-state index is 12.5. The van der Waals surface area contributed by atoms with Crippen LogP contribution in [0.1, 0.15) is 38.5 Å². The fraction of sp³-hybridized carbons (Fsp3) is 0.727. The normalized spacial score (nSPS) is 20.5. The Morgan fingerprint density at radius 2 is 1.31 bits per heavy atom. The number of imide groups is 2. The SMILES string of the molecule is COCCCOC(=O)N(CC1CCC(CN2C(=O)C=CC2=O)CC1)C(=O)OCCCOC. The Kier molecular flexibility index (Phi) is 11.2. The average molecular weight is 455 g/mol. The van der Waals surface area contributed by atoms with E-state index in [0.29, 0.717) is 32.6 Å². The van der Waals surface area contributed by atoms with Crippen LogP contribution in [0.3, 0.4) is 0 Å². The van der Waals surface area contributed by atoms with Gasteiger partial charge in [0.25, 0.3) is 11.8 Å². The molecule has 0 N–H and O–H groups in total. The van der Waals surface area contributed by atoms with Crippen molar-refractivity contribution in [2.45, 2.75) is 38.5 Å². The molecule has 32 heavy (non-hydrogen) atoms. The van der Waals surface area contributed by atoms with Crippen molar-refractivity contribution in [2.75, 3.05) is 53.7 Å². The van der Waals surface area contributed by atoms with Crippen molar-refractivity contribution in [1.29, 1.82) is 0 Å². The van der Waals surface area contributed by atoms with Crippen LogP contribution in [0.5, 0.6) is 0 Å². The first-order valence-corrected chi connectivity index (χ1v) is 11.1. The summed E-state index contributed by atoms with van der Waals surface area (Å²) in [4.78, 5) is 50.9. The first kappa shape index (κ1) is 25.8. The van der Waals surface area contributed by atoms with Crippen LogP contribution >= 0.6 is 0 Å². The summed E-state index contributed by atoms with van der Waals surface area (Å²) in [6, 6.07) is 0. The quantitative estimate of drug-likeness (QED) is 0.326. The van der Waals surface area contributed by atoms with E-state index in [1.807, 2.05) is 0 Å². The van der Waals surface area contributed by atoms with Gasteiger partial charge in [0, 0.05) is 65.5 Å². The number of amides is 4. The summed E-state index contributed by atoms with van der Waals surface area (Å²) in [5.74, 6) is -0.214. The standard InChI is InChI=1S/C22H34N2O8/c1-29-11-3-13-31-21(27)24(22(28)32-14-4-12-30-2)16-18-7-5-17(6-8-18)15-23-19(25)9-10-20(23)26/h9-10,17-18H,3-8,11-16H2,1-2H3. The third-order valence-electron chi connectivity index (χ3n) is 5.63. The molecule has 0 bridgehead atoms. The van der Waals surface area contributed by atoms with Crippen molar-refractivity contribution < 1.29 is 38.1 Å². The van der Waals surface area contributed by atoms with Crippen LogP contribution in [-0.4, -0.2) is 87.5 Å². The van der Waals surface area contributed by atoms with Crippen LogP contribution in [0, 0.1) is 11.8 Å². The van der Waals surface area contributed by atoms with E-state index in [1.165, 1.54) is 17.1 Å². The van der Waals surface area contributed by atoms with Gasteiger partial charge in [0.2, 0.25) is 0 Å². The highest BCUT2D eigenvalue weighted by atomic mass is 16.6. The topological polar surface area (TPSA) is 112 Å². The van der Waals surface area contributed by atoms with Crippen LogP contribution in [0.15, 0.2) is 12.2 Å². The van der Waals surface area contributed by atoms with Gasteiger partial charge in [-0.3, -0.25) is 14.5 Å². The largest absolute Gasteiger partial charge is 0.449 e. The zero-order valence-electron chi connectivity index (χ0n) is 19.0. The third kappa shape index (κ3) is 8.23. The van der Waals surface area contributed by atoms with E-state index in [1.54, 1.807) is 14.2 Å². The lowest BCUT2D eigenvalue weighted by molar-refractivity contribution is -0.137. The molecule has 1 saturated carbocycles. The Morgan fingerprint density at radius 3 is 1.78 bits per heavy atom. The van der Waals surface area contributed by atoms with Crippen molar-refractivity contribution in [2.24, 2.45) is 11.8 Å². The predicted octanol–water partition coefficient (Wildman–Crippen LogP) is 2.37. The molecular weight excluding hydrogens is 420 g/mol. The molecule has 0 spiro atoms. The highest BCUT2D eigenvalue weighted by molar-refractivity contribution is 6.12. The minimum Gasteiger partial charge on any atom is -0.449 e. The molecule has 1 fully saturated rings. The molecule has 0 aromatic heterocycles. The van der Waals surface area contributed by atoms with Gasteiger partial charge in [-0.15, -0.1) is 0 Å². The fourth-order valence-corrected chi connectivity index (χ4v) is 3.83. The lowest BCUT2D eigenvalue weighted by Crippen LogP contribution is -2.42. The number of ether oxygens (including phenoxy) is 4. The van der Waals surface area contributed by atoms with E-state index < -0.39 is 12.2 Å². The molecule has 2 aliphatic rings. The smallest absolute Gasteiger partial charge is 0.419 e. The molecule has 10 heteroatoms. The zero-order valence-corrected chi connectivity index (χ0v) is 19.0. The summed E-state index contributed by atoms with van der Waals surface area (Å²) < 4.78 is 20.3. The molecule has 0 radical (unpaired) electrons. The van der Waals surface area contributed by atoms with Crippen LogP contribution in [0.4, 0.5) is 9.59 Å². The highest BCUT2D eigenvalue weighted by Gasteiger charge is 2.32. The van der Waals surface area contributed by atoms with Crippen molar-refractivity contribution in [3.63, 3.8) is 0 Å². The van der Waals surface area contributed by atoms with Gasteiger partial charge in [-0.25, -0.2) is 14.5 Å². The van der Waals surface area contributed by atoms with Gasteiger partial charge in [-0.2, -0.15) is 0 Å². The van der Waals surface area contributed by atoms with E-state index in [0.717, 1.165) is 30.6 Å². The molecule has 0 aromatic rings. The Labute approximate surface area is 188 Å². The summed E-state index contributed by atoms with van der Waals surface area (Å²) in [7, 11) is 3.13.